The van der Waals surface area contributed by atoms with Crippen LogP contribution in [0.1, 0.15) is 47.4 Å². The summed E-state index contributed by atoms with van der Waals surface area (Å²) >= 11 is 0. The molecule has 0 N–H and O–H groups in total. The Bertz CT molecular complexity index is 941. The van der Waals surface area contributed by atoms with Crippen LogP contribution in [0.3, 0.4) is 0 Å². The summed E-state index contributed by atoms with van der Waals surface area (Å²) in [5, 5.41) is 0. The van der Waals surface area contributed by atoms with E-state index in [1.54, 1.807) is 30.9 Å². The highest BCUT2D eigenvalue weighted by atomic mass is 16.2. The molecule has 1 heterocycles. The number of anilines is 1. The Kier molecular flexibility index (Phi) is 7.09. The molecule has 0 aromatic heterocycles. The molecule has 0 fully saturated rings. The first-order valence-corrected chi connectivity index (χ1v) is 10.7. The molecule has 0 aliphatic carbocycles. The van der Waals surface area contributed by atoms with Gasteiger partial charge in [-0.25, -0.2) is 4.79 Å². The third-order valence-electron chi connectivity index (χ3n) is 5.94. The fourth-order valence-electron chi connectivity index (χ4n) is 3.94. The van der Waals surface area contributed by atoms with Gasteiger partial charge in [0.15, 0.2) is 0 Å². The molecule has 1 unspecified atom stereocenters. The third kappa shape index (κ3) is 4.99. The number of aryl methyl sites for hydroxylation is 1. The van der Waals surface area contributed by atoms with E-state index in [9.17, 15) is 4.79 Å². The summed E-state index contributed by atoms with van der Waals surface area (Å²) in [7, 11) is 5.34. The number of urea groups is 1. The summed E-state index contributed by atoms with van der Waals surface area (Å²) in [6.45, 7) is 4.39. The molecule has 158 valence electrons. The SMILES string of the molecule is Cc1cccc(C(Cc2ccc(N(C)C(=O)N(C)C)cc2)C2=CCCCC=N2)c1C. The number of carbonyl (C=O) groups excluding carboxylic acids is 1. The molecule has 0 saturated carbocycles. The van der Waals surface area contributed by atoms with Crippen LogP contribution in [0.4, 0.5) is 10.5 Å². The highest BCUT2D eigenvalue weighted by Gasteiger charge is 2.21. The molecular formula is C26H33N3O. The zero-order valence-electron chi connectivity index (χ0n) is 18.9. The summed E-state index contributed by atoms with van der Waals surface area (Å²) in [5.74, 6) is 0.228. The van der Waals surface area contributed by atoms with E-state index in [-0.39, 0.29) is 11.9 Å². The lowest BCUT2D eigenvalue weighted by Crippen LogP contribution is -2.36. The maximum Gasteiger partial charge on any atom is 0.323 e. The Morgan fingerprint density at radius 2 is 1.77 bits per heavy atom. The van der Waals surface area contributed by atoms with Crippen molar-refractivity contribution in [1.29, 1.82) is 0 Å². The predicted molar refractivity (Wildman–Crippen MR) is 127 cm³/mol. The van der Waals surface area contributed by atoms with E-state index >= 15 is 0 Å². The minimum atomic E-state index is -0.0334. The van der Waals surface area contributed by atoms with Gasteiger partial charge in [-0.2, -0.15) is 0 Å². The van der Waals surface area contributed by atoms with Gasteiger partial charge in [0.1, 0.15) is 0 Å². The van der Waals surface area contributed by atoms with E-state index < -0.39 is 0 Å². The number of hydrogen-bond acceptors (Lipinski definition) is 2. The quantitative estimate of drug-likeness (QED) is 0.613. The van der Waals surface area contributed by atoms with Gasteiger partial charge in [-0.3, -0.25) is 9.89 Å². The number of benzene rings is 2. The number of nitrogens with zero attached hydrogens (tertiary/aromatic N) is 3. The molecule has 0 bridgehead atoms. The molecule has 1 aliphatic heterocycles. The van der Waals surface area contributed by atoms with Gasteiger partial charge < -0.3 is 4.90 Å². The van der Waals surface area contributed by atoms with E-state index in [1.165, 1.54) is 28.0 Å². The second-order valence-corrected chi connectivity index (χ2v) is 8.32. The van der Waals surface area contributed by atoms with Crippen LogP contribution < -0.4 is 4.90 Å². The van der Waals surface area contributed by atoms with Crippen LogP contribution in [-0.4, -0.2) is 38.3 Å². The van der Waals surface area contributed by atoms with Crippen molar-refractivity contribution in [2.45, 2.75) is 45.4 Å². The summed E-state index contributed by atoms with van der Waals surface area (Å²) in [6, 6.07) is 14.9. The van der Waals surface area contributed by atoms with Crippen molar-refractivity contribution in [2.24, 2.45) is 4.99 Å². The van der Waals surface area contributed by atoms with Crippen molar-refractivity contribution in [2.75, 3.05) is 26.0 Å². The highest BCUT2D eigenvalue weighted by Crippen LogP contribution is 2.34. The summed E-state index contributed by atoms with van der Waals surface area (Å²) in [4.78, 5) is 20.3. The summed E-state index contributed by atoms with van der Waals surface area (Å²) in [6.07, 6.45) is 8.55. The summed E-state index contributed by atoms with van der Waals surface area (Å²) in [5.41, 5.74) is 7.32. The first-order chi connectivity index (χ1) is 14.4. The second-order valence-electron chi connectivity index (χ2n) is 8.32. The molecule has 3 rings (SSSR count). The van der Waals surface area contributed by atoms with E-state index in [1.807, 2.05) is 12.1 Å². The van der Waals surface area contributed by atoms with Crippen molar-refractivity contribution in [1.82, 2.24) is 4.90 Å². The Balaban J connectivity index is 1.91. The number of carbonyl (C=O) groups is 1. The Morgan fingerprint density at radius 1 is 1.03 bits per heavy atom. The van der Waals surface area contributed by atoms with Crippen LogP contribution in [0, 0.1) is 13.8 Å². The van der Waals surface area contributed by atoms with Crippen molar-refractivity contribution in [3.63, 3.8) is 0 Å². The molecule has 2 aromatic carbocycles. The van der Waals surface area contributed by atoms with Crippen LogP contribution in [0.5, 0.6) is 0 Å². The molecule has 4 heteroatoms. The van der Waals surface area contributed by atoms with Crippen molar-refractivity contribution in [3.05, 3.63) is 76.5 Å². The third-order valence-corrected chi connectivity index (χ3v) is 5.94. The molecule has 2 amide bonds. The Hall–Kier alpha value is -2.88. The van der Waals surface area contributed by atoms with Crippen LogP contribution in [0.2, 0.25) is 0 Å². The largest absolute Gasteiger partial charge is 0.330 e. The first-order valence-electron chi connectivity index (χ1n) is 10.7. The fraction of sp³-hybridized carbons (Fsp3) is 0.385. The van der Waals surface area contributed by atoms with Crippen molar-refractivity contribution < 1.29 is 4.79 Å². The lowest BCUT2D eigenvalue weighted by atomic mass is 9.85. The molecular weight excluding hydrogens is 370 g/mol. The standard InChI is InChI=1S/C26H33N3O/c1-19-10-9-11-23(20(19)2)24(25-12-7-6-8-17-27-25)18-21-13-15-22(16-14-21)29(5)26(30)28(3)4/h9-17,24H,6-8,18H2,1-5H3. The van der Waals surface area contributed by atoms with E-state index in [0.29, 0.717) is 0 Å². The number of rotatable bonds is 5. The normalized spacial score (nSPS) is 14.6. The van der Waals surface area contributed by atoms with E-state index in [2.05, 4.69) is 56.5 Å². The first kappa shape index (κ1) is 21.8. The van der Waals surface area contributed by atoms with E-state index in [0.717, 1.165) is 31.4 Å². The topological polar surface area (TPSA) is 35.9 Å². The van der Waals surface area contributed by atoms with Gasteiger partial charge >= 0.3 is 6.03 Å². The molecule has 4 nitrogen and oxygen atoms in total. The fourth-order valence-corrected chi connectivity index (χ4v) is 3.94. The van der Waals surface area contributed by atoms with Gasteiger partial charge in [-0.1, -0.05) is 36.4 Å². The minimum Gasteiger partial charge on any atom is -0.330 e. The van der Waals surface area contributed by atoms with Gasteiger partial charge in [0.2, 0.25) is 0 Å². The summed E-state index contributed by atoms with van der Waals surface area (Å²) < 4.78 is 0. The highest BCUT2D eigenvalue weighted by molar-refractivity contribution is 5.91. The van der Waals surface area contributed by atoms with Gasteiger partial charge in [-0.15, -0.1) is 0 Å². The number of amides is 2. The van der Waals surface area contributed by atoms with Crippen molar-refractivity contribution in [3.8, 4) is 0 Å². The van der Waals surface area contributed by atoms with E-state index in [4.69, 9.17) is 4.99 Å². The maximum atomic E-state index is 12.2. The molecule has 1 aliphatic rings. The second kappa shape index (κ2) is 9.75. The average Bonchev–Trinajstić information content (AvgIpc) is 3.03. The molecule has 0 spiro atoms. The average molecular weight is 404 g/mol. The van der Waals surface area contributed by atoms with Crippen LogP contribution in [0.15, 0.2) is 59.2 Å². The number of aliphatic imine (C=N–C) groups is 1. The monoisotopic (exact) mass is 403 g/mol. The molecule has 30 heavy (non-hydrogen) atoms. The lowest BCUT2D eigenvalue weighted by Gasteiger charge is -2.23. The molecule has 1 atom stereocenters. The zero-order chi connectivity index (χ0) is 21.7. The van der Waals surface area contributed by atoms with Gasteiger partial charge in [0, 0.05) is 44.7 Å². The van der Waals surface area contributed by atoms with Crippen molar-refractivity contribution >= 4 is 17.9 Å². The predicted octanol–water partition coefficient (Wildman–Crippen LogP) is 5.89. The molecule has 0 radical (unpaired) electrons. The molecule has 2 aromatic rings. The Morgan fingerprint density at radius 3 is 2.47 bits per heavy atom. The van der Waals surface area contributed by atoms with Gasteiger partial charge in [-0.05, 0) is 73.9 Å². The number of allylic oxidation sites excluding steroid dienone is 2. The number of hydrogen-bond donors (Lipinski definition) is 0. The smallest absolute Gasteiger partial charge is 0.323 e. The lowest BCUT2D eigenvalue weighted by molar-refractivity contribution is 0.225. The zero-order valence-corrected chi connectivity index (χ0v) is 18.9. The molecule has 0 saturated heterocycles. The minimum absolute atomic E-state index is 0.0334. The maximum absolute atomic E-state index is 12.2. The van der Waals surface area contributed by atoms with Crippen LogP contribution in [0.25, 0.3) is 0 Å². The van der Waals surface area contributed by atoms with Gasteiger partial charge in [0.25, 0.3) is 0 Å². The van der Waals surface area contributed by atoms with Gasteiger partial charge in [0.05, 0.1) is 0 Å². The van der Waals surface area contributed by atoms with Crippen LogP contribution >= 0.6 is 0 Å². The Labute approximate surface area is 180 Å². The van der Waals surface area contributed by atoms with Crippen LogP contribution in [-0.2, 0) is 6.42 Å².